The van der Waals surface area contributed by atoms with Crippen LogP contribution in [0.1, 0.15) is 29.9 Å². The number of hydrogen-bond donors (Lipinski definition) is 2. The van der Waals surface area contributed by atoms with Gasteiger partial charge in [-0.25, -0.2) is 4.98 Å². The maximum atomic E-state index is 11.8. The number of aliphatic hydroxyl groups excluding tert-OH is 1. The van der Waals surface area contributed by atoms with E-state index in [1.54, 1.807) is 49.6 Å². The van der Waals surface area contributed by atoms with Gasteiger partial charge in [-0.2, -0.15) is 5.26 Å². The molecule has 2 aromatic carbocycles. The molecule has 1 aromatic heterocycles. The zero-order valence-corrected chi connectivity index (χ0v) is 19.3. The maximum absolute atomic E-state index is 11.8. The fraction of sp³-hybridized carbons (Fsp3) is 0.333. The van der Waals surface area contributed by atoms with Gasteiger partial charge in [0.15, 0.2) is 11.9 Å². The molecule has 0 radical (unpaired) electrons. The molecule has 0 unspecified atom stereocenters. The van der Waals surface area contributed by atoms with E-state index < -0.39 is 24.0 Å². The number of fused-ring (bicyclic) bond motifs is 1. The molecule has 2 heterocycles. The minimum atomic E-state index is -1.25. The molecular formula is C24H25ClN4O4. The predicted molar refractivity (Wildman–Crippen MR) is 123 cm³/mol. The highest BCUT2D eigenvalue weighted by Gasteiger charge is 2.54. The molecule has 1 aliphatic rings. The number of aromatic nitrogens is 2. The first kappa shape index (κ1) is 23.1. The van der Waals surface area contributed by atoms with E-state index in [2.05, 4.69) is 16.0 Å². The zero-order chi connectivity index (χ0) is 23.6. The summed E-state index contributed by atoms with van der Waals surface area (Å²) >= 11 is 6.14. The molecule has 0 aliphatic carbocycles. The Balaban J connectivity index is 1.91. The molecule has 2 N–H and O–H groups in total. The zero-order valence-electron chi connectivity index (χ0n) is 18.5. The molecule has 0 saturated heterocycles. The Bertz CT molecular complexity index is 1130. The van der Waals surface area contributed by atoms with Gasteiger partial charge in [0.25, 0.3) is 0 Å². The Labute approximate surface area is 197 Å². The summed E-state index contributed by atoms with van der Waals surface area (Å²) in [6.45, 7) is 2.10. The predicted octanol–water partition coefficient (Wildman–Crippen LogP) is 3.81. The van der Waals surface area contributed by atoms with Crippen molar-refractivity contribution in [3.8, 4) is 11.8 Å². The number of aromatic amines is 1. The number of nitrogens with zero attached hydrogens (tertiary/aromatic N) is 3. The number of ether oxygens (including phenoxy) is 3. The number of nitriles is 1. The summed E-state index contributed by atoms with van der Waals surface area (Å²) in [5.41, 5.74) is 0.695. The molecule has 1 aliphatic heterocycles. The van der Waals surface area contributed by atoms with Crippen LogP contribution in [0.3, 0.4) is 0 Å². The molecule has 172 valence electrons. The first-order valence-electron chi connectivity index (χ1n) is 10.4. The normalized spacial score (nSPS) is 21.8. The summed E-state index contributed by atoms with van der Waals surface area (Å²) in [7, 11) is 3.00. The molecule has 0 saturated carbocycles. The van der Waals surface area contributed by atoms with Crippen LogP contribution in [-0.4, -0.2) is 47.3 Å². The summed E-state index contributed by atoms with van der Waals surface area (Å²) in [4.78, 5) is 9.50. The summed E-state index contributed by atoms with van der Waals surface area (Å²) < 4.78 is 17.3. The van der Waals surface area contributed by atoms with Crippen LogP contribution in [0.25, 0.3) is 0 Å². The molecule has 0 spiro atoms. The lowest BCUT2D eigenvalue weighted by molar-refractivity contribution is -0.237. The number of rotatable bonds is 7. The maximum Gasteiger partial charge on any atom is 0.199 e. The summed E-state index contributed by atoms with van der Waals surface area (Å²) in [6, 6.07) is 14.0. The third-order valence-corrected chi connectivity index (χ3v) is 6.19. The molecule has 9 heteroatoms. The number of H-pyrrole nitrogens is 1. The fourth-order valence-electron chi connectivity index (χ4n) is 4.34. The molecule has 8 nitrogen and oxygen atoms in total. The lowest BCUT2D eigenvalue weighted by Crippen LogP contribution is -2.62. The Hall–Kier alpha value is -3.09. The largest absolute Gasteiger partial charge is 0.479 e. The number of methoxy groups -OCH3 is 2. The van der Waals surface area contributed by atoms with E-state index in [0.717, 1.165) is 5.69 Å². The minimum absolute atomic E-state index is 0.354. The summed E-state index contributed by atoms with van der Waals surface area (Å²) in [5.74, 6) is 1.24. The van der Waals surface area contributed by atoms with Gasteiger partial charge in [0, 0.05) is 42.9 Å². The van der Waals surface area contributed by atoms with Crippen LogP contribution in [0.4, 0.5) is 5.69 Å². The first-order valence-corrected chi connectivity index (χ1v) is 10.8. The molecule has 0 amide bonds. The van der Waals surface area contributed by atoms with Crippen molar-refractivity contribution in [2.75, 3.05) is 19.1 Å². The number of nitrogens with one attached hydrogen (secondary N) is 1. The standard InChI is InChI=1S/C24H25ClN4O4/c1-24(23(31-2)32-3)22(30)21(18-12-15(13-26)4-9-19(18)33-24)29(14-20-27-10-11-28-20)17-7-5-16(25)6-8-17/h4-12,21-23,30H,14H2,1-3H3,(H,27,28)/t21-,22+,24+/m1/s1. The quantitative estimate of drug-likeness (QED) is 0.508. The number of anilines is 1. The monoisotopic (exact) mass is 468 g/mol. The van der Waals surface area contributed by atoms with Gasteiger partial charge >= 0.3 is 0 Å². The van der Waals surface area contributed by atoms with Crippen molar-refractivity contribution in [1.82, 2.24) is 9.97 Å². The molecule has 0 fully saturated rings. The average molecular weight is 469 g/mol. The fourth-order valence-corrected chi connectivity index (χ4v) is 4.47. The van der Waals surface area contributed by atoms with Crippen molar-refractivity contribution in [1.29, 1.82) is 5.26 Å². The van der Waals surface area contributed by atoms with Crippen molar-refractivity contribution in [3.63, 3.8) is 0 Å². The Morgan fingerprint density at radius 3 is 2.61 bits per heavy atom. The van der Waals surface area contributed by atoms with Gasteiger partial charge in [0.05, 0.1) is 24.2 Å². The summed E-state index contributed by atoms with van der Waals surface area (Å²) in [6.07, 6.45) is 1.46. The van der Waals surface area contributed by atoms with Crippen LogP contribution in [-0.2, 0) is 16.0 Å². The van der Waals surface area contributed by atoms with Gasteiger partial charge in [0.1, 0.15) is 17.7 Å². The van der Waals surface area contributed by atoms with Gasteiger partial charge in [0.2, 0.25) is 0 Å². The van der Waals surface area contributed by atoms with Crippen LogP contribution in [0.2, 0.25) is 5.02 Å². The van der Waals surface area contributed by atoms with Gasteiger partial charge in [-0.1, -0.05) is 11.6 Å². The third kappa shape index (κ3) is 4.28. The number of imidazole rings is 1. The van der Waals surface area contributed by atoms with Crippen LogP contribution >= 0.6 is 11.6 Å². The number of aliphatic hydroxyl groups is 1. The van der Waals surface area contributed by atoms with Gasteiger partial charge in [-0.3, -0.25) is 0 Å². The molecule has 4 rings (SSSR count). The molecule has 3 aromatic rings. The van der Waals surface area contributed by atoms with E-state index in [1.165, 1.54) is 14.2 Å². The van der Waals surface area contributed by atoms with E-state index in [0.29, 0.717) is 34.3 Å². The van der Waals surface area contributed by atoms with Crippen molar-refractivity contribution >= 4 is 17.3 Å². The second kappa shape index (κ2) is 9.41. The average Bonchev–Trinajstić information content (AvgIpc) is 3.33. The molecule has 33 heavy (non-hydrogen) atoms. The molecular weight excluding hydrogens is 444 g/mol. The molecule has 3 atom stereocenters. The third-order valence-electron chi connectivity index (χ3n) is 5.94. The van der Waals surface area contributed by atoms with Gasteiger partial charge in [-0.05, 0) is 49.4 Å². The SMILES string of the molecule is COC(OC)[C@@]1(C)Oc2ccc(C#N)cc2[C@@H](N(Cc2ncc[nH]2)c2ccc(Cl)cc2)[C@@H]1O. The van der Waals surface area contributed by atoms with E-state index in [9.17, 15) is 10.4 Å². The van der Waals surface area contributed by atoms with E-state index in [4.69, 9.17) is 25.8 Å². The Kier molecular flexibility index (Phi) is 6.58. The van der Waals surface area contributed by atoms with Crippen molar-refractivity contribution in [2.45, 2.75) is 37.5 Å². The number of benzene rings is 2. The van der Waals surface area contributed by atoms with Crippen molar-refractivity contribution in [3.05, 3.63) is 76.8 Å². The second-order valence-electron chi connectivity index (χ2n) is 7.98. The highest BCUT2D eigenvalue weighted by Crippen LogP contribution is 2.47. The highest BCUT2D eigenvalue weighted by atomic mass is 35.5. The smallest absolute Gasteiger partial charge is 0.199 e. The first-order chi connectivity index (χ1) is 15.9. The van der Waals surface area contributed by atoms with E-state index >= 15 is 0 Å². The summed E-state index contributed by atoms with van der Waals surface area (Å²) in [5, 5.41) is 21.9. The van der Waals surface area contributed by atoms with E-state index in [1.807, 2.05) is 17.0 Å². The number of hydrogen-bond acceptors (Lipinski definition) is 7. The van der Waals surface area contributed by atoms with Crippen molar-refractivity contribution < 1.29 is 19.3 Å². The molecule has 0 bridgehead atoms. The highest BCUT2D eigenvalue weighted by molar-refractivity contribution is 6.30. The van der Waals surface area contributed by atoms with Crippen LogP contribution in [0.5, 0.6) is 5.75 Å². The lowest BCUT2D eigenvalue weighted by atomic mass is 9.83. The van der Waals surface area contributed by atoms with E-state index in [-0.39, 0.29) is 0 Å². The lowest BCUT2D eigenvalue weighted by Gasteiger charge is -2.50. The Morgan fingerprint density at radius 2 is 2.00 bits per heavy atom. The number of halogens is 1. The second-order valence-corrected chi connectivity index (χ2v) is 8.42. The van der Waals surface area contributed by atoms with Crippen LogP contribution < -0.4 is 9.64 Å². The topological polar surface area (TPSA) is 104 Å². The van der Waals surface area contributed by atoms with Crippen molar-refractivity contribution in [2.24, 2.45) is 0 Å². The van der Waals surface area contributed by atoms with Crippen LogP contribution in [0.15, 0.2) is 54.9 Å². The van der Waals surface area contributed by atoms with Gasteiger partial charge in [-0.15, -0.1) is 0 Å². The minimum Gasteiger partial charge on any atom is -0.479 e. The van der Waals surface area contributed by atoms with Gasteiger partial charge < -0.3 is 29.2 Å². The van der Waals surface area contributed by atoms with Crippen LogP contribution in [0, 0.1) is 11.3 Å². The Morgan fingerprint density at radius 1 is 1.27 bits per heavy atom.